The lowest BCUT2D eigenvalue weighted by Crippen LogP contribution is -2.15. The van der Waals surface area contributed by atoms with Crippen molar-refractivity contribution >= 4 is 22.8 Å². The molecule has 0 radical (unpaired) electrons. The second-order valence-corrected chi connectivity index (χ2v) is 6.42. The van der Waals surface area contributed by atoms with Crippen molar-refractivity contribution in [1.82, 2.24) is 19.7 Å². The number of aromatic amines is 1. The molecule has 0 saturated carbocycles. The van der Waals surface area contributed by atoms with Crippen molar-refractivity contribution in [1.29, 1.82) is 0 Å². The van der Waals surface area contributed by atoms with Gasteiger partial charge in [-0.1, -0.05) is 30.3 Å². The number of fused-ring (bicyclic) bond motifs is 1. The SMILES string of the molecule is Cn1cc(CC(=O)Nc2n[nH]c(Cc3ccc(F)cc3)n2)c2ccccc21. The number of amides is 1. The molecule has 2 aromatic heterocycles. The molecule has 1 amide bonds. The Labute approximate surface area is 155 Å². The molecule has 0 aliphatic heterocycles. The molecule has 2 heterocycles. The molecule has 0 spiro atoms. The van der Waals surface area contributed by atoms with Crippen molar-refractivity contribution in [2.24, 2.45) is 7.05 Å². The molecule has 27 heavy (non-hydrogen) atoms. The van der Waals surface area contributed by atoms with Gasteiger partial charge < -0.3 is 4.57 Å². The van der Waals surface area contributed by atoms with Crippen molar-refractivity contribution in [3.05, 3.63) is 77.5 Å². The Bertz CT molecular complexity index is 1100. The number of halogens is 1. The summed E-state index contributed by atoms with van der Waals surface area (Å²) in [6, 6.07) is 14.1. The molecule has 0 aliphatic rings. The molecule has 2 aromatic carbocycles. The van der Waals surface area contributed by atoms with Crippen LogP contribution < -0.4 is 5.32 Å². The Balaban J connectivity index is 1.42. The van der Waals surface area contributed by atoms with E-state index in [1.807, 2.05) is 42.1 Å². The average Bonchev–Trinajstić information content (AvgIpc) is 3.22. The predicted molar refractivity (Wildman–Crippen MR) is 101 cm³/mol. The Morgan fingerprint density at radius 3 is 2.78 bits per heavy atom. The summed E-state index contributed by atoms with van der Waals surface area (Å²) < 4.78 is 15.0. The number of anilines is 1. The number of aryl methyl sites for hydroxylation is 1. The zero-order valence-corrected chi connectivity index (χ0v) is 14.7. The molecule has 0 unspecified atom stereocenters. The Morgan fingerprint density at radius 2 is 1.96 bits per heavy atom. The van der Waals surface area contributed by atoms with Gasteiger partial charge in [-0.3, -0.25) is 15.2 Å². The molecular formula is C20H18FN5O. The van der Waals surface area contributed by atoms with E-state index in [1.54, 1.807) is 12.1 Å². The number of hydrogen-bond acceptors (Lipinski definition) is 3. The van der Waals surface area contributed by atoms with Crippen molar-refractivity contribution in [3.8, 4) is 0 Å². The molecule has 4 rings (SSSR count). The Morgan fingerprint density at radius 1 is 1.19 bits per heavy atom. The van der Waals surface area contributed by atoms with Crippen LogP contribution in [0, 0.1) is 5.82 Å². The molecule has 136 valence electrons. The van der Waals surface area contributed by atoms with Gasteiger partial charge in [0.15, 0.2) is 0 Å². The number of nitrogens with zero attached hydrogens (tertiary/aromatic N) is 3. The van der Waals surface area contributed by atoms with Crippen molar-refractivity contribution in [2.75, 3.05) is 5.32 Å². The molecule has 6 nitrogen and oxygen atoms in total. The van der Waals surface area contributed by atoms with Crippen LogP contribution in [-0.4, -0.2) is 25.7 Å². The zero-order valence-electron chi connectivity index (χ0n) is 14.7. The summed E-state index contributed by atoms with van der Waals surface area (Å²) in [5, 5.41) is 10.6. The quantitative estimate of drug-likeness (QED) is 0.572. The third-order valence-corrected chi connectivity index (χ3v) is 4.40. The first-order valence-electron chi connectivity index (χ1n) is 8.57. The van der Waals surface area contributed by atoms with Gasteiger partial charge in [0, 0.05) is 30.6 Å². The maximum absolute atomic E-state index is 13.0. The van der Waals surface area contributed by atoms with Crippen molar-refractivity contribution in [2.45, 2.75) is 12.8 Å². The molecule has 0 atom stereocenters. The fourth-order valence-electron chi connectivity index (χ4n) is 3.13. The van der Waals surface area contributed by atoms with E-state index in [2.05, 4.69) is 20.5 Å². The van der Waals surface area contributed by atoms with Gasteiger partial charge in [-0.25, -0.2) is 4.39 Å². The lowest BCUT2D eigenvalue weighted by Gasteiger charge is -2.00. The average molecular weight is 363 g/mol. The first kappa shape index (κ1) is 17.0. The van der Waals surface area contributed by atoms with E-state index in [-0.39, 0.29) is 24.1 Å². The Hall–Kier alpha value is -3.48. The summed E-state index contributed by atoms with van der Waals surface area (Å²) >= 11 is 0. The first-order valence-corrected chi connectivity index (χ1v) is 8.57. The molecule has 0 bridgehead atoms. The molecule has 7 heteroatoms. The van der Waals surface area contributed by atoms with Gasteiger partial charge in [0.05, 0.1) is 6.42 Å². The normalized spacial score (nSPS) is 11.0. The number of benzene rings is 2. The molecular weight excluding hydrogens is 345 g/mol. The summed E-state index contributed by atoms with van der Waals surface area (Å²) in [7, 11) is 1.96. The van der Waals surface area contributed by atoms with Crippen LogP contribution in [0.15, 0.2) is 54.7 Å². The number of para-hydroxylation sites is 1. The summed E-state index contributed by atoms with van der Waals surface area (Å²) in [5.74, 6) is 0.371. The highest BCUT2D eigenvalue weighted by Gasteiger charge is 2.13. The van der Waals surface area contributed by atoms with Crippen molar-refractivity contribution < 1.29 is 9.18 Å². The minimum Gasteiger partial charge on any atom is -0.350 e. The number of aromatic nitrogens is 4. The number of nitrogens with one attached hydrogen (secondary N) is 2. The van der Waals surface area contributed by atoms with E-state index in [0.29, 0.717) is 12.2 Å². The number of carbonyl (C=O) groups excluding carboxylic acids is 1. The highest BCUT2D eigenvalue weighted by molar-refractivity contribution is 5.94. The molecule has 2 N–H and O–H groups in total. The highest BCUT2D eigenvalue weighted by atomic mass is 19.1. The minimum atomic E-state index is -0.280. The van der Waals surface area contributed by atoms with E-state index in [9.17, 15) is 9.18 Å². The summed E-state index contributed by atoms with van der Waals surface area (Å²) in [5.41, 5.74) is 2.94. The smallest absolute Gasteiger partial charge is 0.248 e. The standard InChI is InChI=1S/C20H18FN5O/c1-26-12-14(16-4-2-3-5-17(16)26)11-19(27)23-20-22-18(24-25-20)10-13-6-8-15(21)9-7-13/h2-9,12H,10-11H2,1H3,(H2,22,23,24,25,27). The number of H-pyrrole nitrogens is 1. The first-order chi connectivity index (χ1) is 13.1. The van der Waals surface area contributed by atoms with E-state index >= 15 is 0 Å². The number of rotatable bonds is 5. The van der Waals surface area contributed by atoms with Gasteiger partial charge in [-0.05, 0) is 29.3 Å². The summed E-state index contributed by atoms with van der Waals surface area (Å²) in [6.45, 7) is 0. The van der Waals surface area contributed by atoms with Gasteiger partial charge in [-0.15, -0.1) is 5.10 Å². The largest absolute Gasteiger partial charge is 0.350 e. The maximum Gasteiger partial charge on any atom is 0.248 e. The van der Waals surface area contributed by atoms with Crippen LogP contribution >= 0.6 is 0 Å². The number of hydrogen-bond donors (Lipinski definition) is 2. The van der Waals surface area contributed by atoms with E-state index in [4.69, 9.17) is 0 Å². The molecule has 0 saturated heterocycles. The van der Waals surface area contributed by atoms with Gasteiger partial charge in [0.2, 0.25) is 11.9 Å². The maximum atomic E-state index is 13.0. The van der Waals surface area contributed by atoms with Crippen LogP contribution in [0.5, 0.6) is 0 Å². The third-order valence-electron chi connectivity index (χ3n) is 4.40. The summed E-state index contributed by atoms with van der Waals surface area (Å²) in [6.07, 6.45) is 2.68. The van der Waals surface area contributed by atoms with Crippen LogP contribution in [-0.2, 0) is 24.7 Å². The topological polar surface area (TPSA) is 75.6 Å². The van der Waals surface area contributed by atoms with Crippen LogP contribution in [0.4, 0.5) is 10.3 Å². The van der Waals surface area contributed by atoms with Crippen LogP contribution in [0.1, 0.15) is 17.0 Å². The van der Waals surface area contributed by atoms with Crippen LogP contribution in [0.2, 0.25) is 0 Å². The van der Waals surface area contributed by atoms with Gasteiger partial charge >= 0.3 is 0 Å². The third kappa shape index (κ3) is 3.72. The van der Waals surface area contributed by atoms with E-state index in [0.717, 1.165) is 22.0 Å². The monoisotopic (exact) mass is 363 g/mol. The fraction of sp³-hybridized carbons (Fsp3) is 0.150. The summed E-state index contributed by atoms with van der Waals surface area (Å²) in [4.78, 5) is 16.7. The van der Waals surface area contributed by atoms with Gasteiger partial charge in [0.1, 0.15) is 11.6 Å². The minimum absolute atomic E-state index is 0.182. The molecule has 0 fully saturated rings. The second-order valence-electron chi connectivity index (χ2n) is 6.42. The fourth-order valence-corrected chi connectivity index (χ4v) is 3.13. The van der Waals surface area contributed by atoms with E-state index < -0.39 is 0 Å². The van der Waals surface area contributed by atoms with Crippen LogP contribution in [0.25, 0.3) is 10.9 Å². The van der Waals surface area contributed by atoms with E-state index in [1.165, 1.54) is 12.1 Å². The second kappa shape index (κ2) is 7.03. The predicted octanol–water partition coefficient (Wildman–Crippen LogP) is 3.21. The number of carbonyl (C=O) groups is 1. The van der Waals surface area contributed by atoms with Gasteiger partial charge in [-0.2, -0.15) is 4.98 Å². The van der Waals surface area contributed by atoms with Crippen LogP contribution in [0.3, 0.4) is 0 Å². The van der Waals surface area contributed by atoms with Gasteiger partial charge in [0.25, 0.3) is 0 Å². The lowest BCUT2D eigenvalue weighted by atomic mass is 10.1. The lowest BCUT2D eigenvalue weighted by molar-refractivity contribution is -0.115. The molecule has 4 aromatic rings. The molecule has 0 aliphatic carbocycles. The highest BCUT2D eigenvalue weighted by Crippen LogP contribution is 2.21. The Kier molecular flexibility index (Phi) is 4.42. The zero-order chi connectivity index (χ0) is 18.8. The van der Waals surface area contributed by atoms with Crippen molar-refractivity contribution in [3.63, 3.8) is 0 Å².